The molecule has 0 aromatic heterocycles. The first kappa shape index (κ1) is 10.5. The fourth-order valence-corrected chi connectivity index (χ4v) is 0.980. The molecule has 0 fully saturated rings. The maximum Gasteiger partial charge on any atom is 0.488 e. The highest BCUT2D eigenvalue weighted by Gasteiger charge is 2.12. The lowest BCUT2D eigenvalue weighted by molar-refractivity contribution is -0.130. The van der Waals surface area contributed by atoms with Crippen molar-refractivity contribution in [2.24, 2.45) is 0 Å². The summed E-state index contributed by atoms with van der Waals surface area (Å²) in [4.78, 5) is 10.5. The molecule has 0 saturated carbocycles. The molecule has 3 N–H and O–H groups in total. The van der Waals surface area contributed by atoms with Crippen molar-refractivity contribution in [1.82, 2.24) is 0 Å². The Labute approximate surface area is 81.3 Å². The van der Waals surface area contributed by atoms with E-state index in [2.05, 4.69) is 6.58 Å². The van der Waals surface area contributed by atoms with Gasteiger partial charge in [0.15, 0.2) is 0 Å². The summed E-state index contributed by atoms with van der Waals surface area (Å²) in [6.07, 6.45) is 0. The van der Waals surface area contributed by atoms with E-state index in [9.17, 15) is 4.79 Å². The second kappa shape index (κ2) is 4.08. The minimum atomic E-state index is -1.54. The van der Waals surface area contributed by atoms with Gasteiger partial charge in [0.2, 0.25) is 0 Å². The molecule has 0 saturated heterocycles. The monoisotopic (exact) mass is 192 g/mol. The van der Waals surface area contributed by atoms with E-state index in [0.29, 0.717) is 11.0 Å². The normalized spacial score (nSPS) is 9.57. The van der Waals surface area contributed by atoms with Crippen molar-refractivity contribution < 1.29 is 19.9 Å². The van der Waals surface area contributed by atoms with Crippen LogP contribution in [0.2, 0.25) is 0 Å². The quantitative estimate of drug-likeness (QED) is 0.444. The smallest absolute Gasteiger partial charge is 0.478 e. The van der Waals surface area contributed by atoms with Gasteiger partial charge < -0.3 is 15.2 Å². The van der Waals surface area contributed by atoms with Gasteiger partial charge in [-0.1, -0.05) is 30.8 Å². The van der Waals surface area contributed by atoms with E-state index in [0.717, 1.165) is 0 Å². The fraction of sp³-hybridized carbons (Fsp3) is 0. The van der Waals surface area contributed by atoms with Crippen LogP contribution >= 0.6 is 0 Å². The molecule has 0 atom stereocenters. The summed E-state index contributed by atoms with van der Waals surface area (Å²) >= 11 is 0. The van der Waals surface area contributed by atoms with Crippen molar-refractivity contribution in [1.29, 1.82) is 0 Å². The highest BCUT2D eigenvalue weighted by Crippen LogP contribution is 2.10. The maximum atomic E-state index is 10.5. The highest BCUT2D eigenvalue weighted by atomic mass is 16.4. The third-order valence-corrected chi connectivity index (χ3v) is 1.82. The first-order valence-corrected chi connectivity index (χ1v) is 3.91. The van der Waals surface area contributed by atoms with Crippen LogP contribution in [0.4, 0.5) is 0 Å². The molecule has 1 aromatic carbocycles. The van der Waals surface area contributed by atoms with Gasteiger partial charge in [0.05, 0.1) is 5.57 Å². The zero-order chi connectivity index (χ0) is 10.7. The summed E-state index contributed by atoms with van der Waals surface area (Å²) < 4.78 is 0. The van der Waals surface area contributed by atoms with Crippen LogP contribution in [0, 0.1) is 0 Å². The first-order chi connectivity index (χ1) is 6.52. The number of hydrogen-bond donors (Lipinski definition) is 3. The number of aliphatic carboxylic acids is 1. The molecule has 0 aliphatic rings. The van der Waals surface area contributed by atoms with E-state index in [1.807, 2.05) is 0 Å². The van der Waals surface area contributed by atoms with Crippen LogP contribution in [-0.4, -0.2) is 28.2 Å². The molecule has 0 aliphatic carbocycles. The molecule has 0 heterocycles. The Hall–Kier alpha value is -1.59. The summed E-state index contributed by atoms with van der Waals surface area (Å²) in [6, 6.07) is 5.83. The molecule has 0 aliphatic heterocycles. The van der Waals surface area contributed by atoms with Crippen molar-refractivity contribution >= 4 is 24.1 Å². The van der Waals surface area contributed by atoms with Gasteiger partial charge in [0, 0.05) is 0 Å². The largest absolute Gasteiger partial charge is 0.488 e. The molecule has 5 heteroatoms. The van der Waals surface area contributed by atoms with Crippen molar-refractivity contribution in [3.05, 3.63) is 36.4 Å². The van der Waals surface area contributed by atoms with E-state index in [4.69, 9.17) is 15.2 Å². The molecule has 72 valence electrons. The van der Waals surface area contributed by atoms with Crippen molar-refractivity contribution in [3.63, 3.8) is 0 Å². The second-order valence-electron chi connectivity index (χ2n) is 2.78. The van der Waals surface area contributed by atoms with Gasteiger partial charge in [0.1, 0.15) is 0 Å². The molecular formula is C9H9BO4. The fourth-order valence-electron chi connectivity index (χ4n) is 0.980. The highest BCUT2D eigenvalue weighted by molar-refractivity contribution is 6.58. The summed E-state index contributed by atoms with van der Waals surface area (Å²) in [5, 5.41) is 26.2. The Kier molecular flexibility index (Phi) is 3.06. The van der Waals surface area contributed by atoms with E-state index in [-0.39, 0.29) is 5.57 Å². The van der Waals surface area contributed by atoms with Crippen molar-refractivity contribution in [2.45, 2.75) is 0 Å². The first-order valence-electron chi connectivity index (χ1n) is 3.91. The van der Waals surface area contributed by atoms with Gasteiger partial charge in [-0.05, 0) is 11.0 Å². The molecule has 14 heavy (non-hydrogen) atoms. The molecule has 0 unspecified atom stereocenters. The van der Waals surface area contributed by atoms with Gasteiger partial charge >= 0.3 is 13.1 Å². The van der Waals surface area contributed by atoms with Gasteiger partial charge in [-0.2, -0.15) is 0 Å². The zero-order valence-corrected chi connectivity index (χ0v) is 7.34. The minimum absolute atomic E-state index is 0.0241. The van der Waals surface area contributed by atoms with Crippen LogP contribution in [0.25, 0.3) is 5.57 Å². The Morgan fingerprint density at radius 1 is 1.21 bits per heavy atom. The van der Waals surface area contributed by atoms with Crippen LogP contribution < -0.4 is 5.46 Å². The van der Waals surface area contributed by atoms with Crippen LogP contribution in [0.15, 0.2) is 30.8 Å². The third-order valence-electron chi connectivity index (χ3n) is 1.82. The number of carbonyl (C=O) groups is 1. The number of hydrogen-bond acceptors (Lipinski definition) is 3. The molecule has 0 amide bonds. The van der Waals surface area contributed by atoms with Crippen molar-refractivity contribution in [3.8, 4) is 0 Å². The van der Waals surface area contributed by atoms with E-state index in [1.165, 1.54) is 24.3 Å². The van der Waals surface area contributed by atoms with Gasteiger partial charge in [-0.25, -0.2) is 4.79 Å². The van der Waals surface area contributed by atoms with Crippen LogP contribution in [0.1, 0.15) is 5.56 Å². The predicted molar refractivity (Wildman–Crippen MR) is 52.9 cm³/mol. The average molecular weight is 192 g/mol. The molecule has 1 aromatic rings. The molecule has 1 rings (SSSR count). The van der Waals surface area contributed by atoms with Gasteiger partial charge in [-0.3, -0.25) is 0 Å². The Morgan fingerprint density at radius 2 is 1.71 bits per heavy atom. The minimum Gasteiger partial charge on any atom is -0.478 e. The predicted octanol–water partition coefficient (Wildman–Crippen LogP) is -0.536. The average Bonchev–Trinajstić information content (AvgIpc) is 2.16. The lowest BCUT2D eigenvalue weighted by Crippen LogP contribution is -2.29. The SMILES string of the molecule is C=C(C(=O)O)c1ccc(B(O)O)cc1. The Bertz CT molecular complexity index is 356. The number of rotatable bonds is 3. The Morgan fingerprint density at radius 3 is 2.07 bits per heavy atom. The summed E-state index contributed by atoms with van der Waals surface area (Å²) in [5.41, 5.74) is 0.734. The van der Waals surface area contributed by atoms with Crippen LogP contribution in [-0.2, 0) is 4.79 Å². The third kappa shape index (κ3) is 2.22. The van der Waals surface area contributed by atoms with E-state index < -0.39 is 13.1 Å². The van der Waals surface area contributed by atoms with E-state index in [1.54, 1.807) is 0 Å². The van der Waals surface area contributed by atoms with Crippen LogP contribution in [0.5, 0.6) is 0 Å². The van der Waals surface area contributed by atoms with Gasteiger partial charge in [-0.15, -0.1) is 0 Å². The summed E-state index contributed by atoms with van der Waals surface area (Å²) in [6.45, 7) is 3.37. The number of benzene rings is 1. The van der Waals surface area contributed by atoms with Gasteiger partial charge in [0.25, 0.3) is 0 Å². The lowest BCUT2D eigenvalue weighted by atomic mass is 9.80. The zero-order valence-electron chi connectivity index (χ0n) is 7.34. The molecule has 0 spiro atoms. The summed E-state index contributed by atoms with van der Waals surface area (Å²) in [5.74, 6) is -1.10. The maximum absolute atomic E-state index is 10.5. The number of carboxylic acids is 1. The topological polar surface area (TPSA) is 77.8 Å². The lowest BCUT2D eigenvalue weighted by Gasteiger charge is -2.02. The van der Waals surface area contributed by atoms with Crippen molar-refractivity contribution in [2.75, 3.05) is 0 Å². The molecule has 4 nitrogen and oxygen atoms in total. The van der Waals surface area contributed by atoms with E-state index >= 15 is 0 Å². The molecule has 0 bridgehead atoms. The molecule has 0 radical (unpaired) electrons. The van der Waals surface area contributed by atoms with Crippen LogP contribution in [0.3, 0.4) is 0 Å². The number of carboxylic acid groups (broad SMARTS) is 1. The standard InChI is InChI=1S/C9H9BO4/c1-6(9(11)12)7-2-4-8(5-3-7)10(13)14/h2-5,13-14H,1H2,(H,11,12). The Balaban J connectivity index is 2.94. The second-order valence-corrected chi connectivity index (χ2v) is 2.78. The molecular weight excluding hydrogens is 183 g/mol. The summed E-state index contributed by atoms with van der Waals surface area (Å²) in [7, 11) is -1.54.